The molecule has 2 heterocycles. The molecular formula is C12H23N3O3S. The second-order valence-electron chi connectivity index (χ2n) is 5.85. The van der Waals surface area contributed by atoms with E-state index in [2.05, 4.69) is 5.32 Å². The van der Waals surface area contributed by atoms with Gasteiger partial charge in [0.05, 0.1) is 5.25 Å². The van der Waals surface area contributed by atoms with Crippen LogP contribution in [-0.2, 0) is 14.8 Å². The fourth-order valence-corrected chi connectivity index (χ4v) is 5.16. The van der Waals surface area contributed by atoms with Gasteiger partial charge in [-0.1, -0.05) is 0 Å². The largest absolute Gasteiger partial charge is 0.343 e. The average molecular weight is 289 g/mol. The summed E-state index contributed by atoms with van der Waals surface area (Å²) in [5.41, 5.74) is -0.975. The van der Waals surface area contributed by atoms with Crippen LogP contribution in [0, 0.1) is 0 Å². The summed E-state index contributed by atoms with van der Waals surface area (Å²) in [6, 6.07) is 0. The molecule has 0 aliphatic carbocycles. The molecular weight excluding hydrogens is 266 g/mol. The Balaban J connectivity index is 2.26. The Bertz CT molecular complexity index is 455. The Morgan fingerprint density at radius 2 is 1.79 bits per heavy atom. The molecule has 2 aliphatic rings. The summed E-state index contributed by atoms with van der Waals surface area (Å²) in [5, 5.41) is 2.81. The normalized spacial score (nSPS) is 26.7. The Labute approximate surface area is 115 Å². The minimum atomic E-state index is -3.40. The molecule has 0 aromatic rings. The fourth-order valence-electron chi connectivity index (χ4n) is 2.91. The topological polar surface area (TPSA) is 69.7 Å². The molecule has 0 aromatic heterocycles. The van der Waals surface area contributed by atoms with Crippen LogP contribution in [0.3, 0.4) is 0 Å². The first-order valence-corrected chi connectivity index (χ1v) is 8.26. The minimum absolute atomic E-state index is 0.128. The number of carbonyl (C=O) groups is 1. The van der Waals surface area contributed by atoms with E-state index < -0.39 is 15.6 Å². The molecule has 1 amide bonds. The lowest BCUT2D eigenvalue weighted by atomic mass is 10.0. The number of likely N-dealkylation sites (N-methyl/N-ethyl adjacent to an activating group) is 1. The number of amides is 1. The Hall–Kier alpha value is -0.660. The lowest BCUT2D eigenvalue weighted by Gasteiger charge is -2.45. The van der Waals surface area contributed by atoms with Crippen LogP contribution in [0.4, 0.5) is 0 Å². The highest BCUT2D eigenvalue weighted by atomic mass is 32.2. The molecule has 2 rings (SSSR count). The number of carbonyl (C=O) groups excluding carboxylic acids is 1. The number of piperazine rings is 1. The predicted octanol–water partition coefficient (Wildman–Crippen LogP) is -0.379. The number of rotatable bonds is 2. The number of hydrogen-bond donors (Lipinski definition) is 1. The van der Waals surface area contributed by atoms with Gasteiger partial charge in [-0.2, -0.15) is 4.31 Å². The van der Waals surface area contributed by atoms with Crippen molar-refractivity contribution in [1.82, 2.24) is 14.5 Å². The second kappa shape index (κ2) is 5.03. The van der Waals surface area contributed by atoms with Crippen LogP contribution in [-0.4, -0.2) is 67.5 Å². The van der Waals surface area contributed by atoms with E-state index in [1.165, 1.54) is 4.31 Å². The summed E-state index contributed by atoms with van der Waals surface area (Å²) < 4.78 is 26.9. The van der Waals surface area contributed by atoms with E-state index in [0.717, 1.165) is 13.1 Å². The zero-order valence-corrected chi connectivity index (χ0v) is 12.7. The van der Waals surface area contributed by atoms with E-state index in [4.69, 9.17) is 0 Å². The van der Waals surface area contributed by atoms with Gasteiger partial charge in [0.1, 0.15) is 5.54 Å². The molecule has 0 aromatic carbocycles. The van der Waals surface area contributed by atoms with Crippen LogP contribution >= 0.6 is 0 Å². The van der Waals surface area contributed by atoms with Crippen molar-refractivity contribution in [1.29, 1.82) is 0 Å². The maximum Gasteiger partial charge on any atom is 0.243 e. The number of sulfonamides is 1. The molecule has 0 unspecified atom stereocenters. The number of piperidine rings is 1. The first-order valence-electron chi connectivity index (χ1n) is 6.76. The molecule has 0 radical (unpaired) electrons. The lowest BCUT2D eigenvalue weighted by Crippen LogP contribution is -2.65. The van der Waals surface area contributed by atoms with Crippen molar-refractivity contribution in [2.45, 2.75) is 37.5 Å². The van der Waals surface area contributed by atoms with Crippen molar-refractivity contribution in [3.63, 3.8) is 0 Å². The summed E-state index contributed by atoms with van der Waals surface area (Å²) in [6.07, 6.45) is 1.25. The average Bonchev–Trinajstić information content (AvgIpc) is 2.37. The van der Waals surface area contributed by atoms with Gasteiger partial charge in [-0.05, 0) is 39.8 Å². The first-order chi connectivity index (χ1) is 8.78. The number of hydrogen-bond acceptors (Lipinski definition) is 4. The molecule has 7 heteroatoms. The van der Waals surface area contributed by atoms with Crippen LogP contribution in [0.1, 0.15) is 26.7 Å². The van der Waals surface area contributed by atoms with Gasteiger partial charge in [-0.3, -0.25) is 4.79 Å². The second-order valence-corrected chi connectivity index (χ2v) is 7.99. The third-order valence-electron chi connectivity index (χ3n) is 4.15. The zero-order valence-electron chi connectivity index (χ0n) is 11.8. The molecule has 6 nitrogen and oxygen atoms in total. The first kappa shape index (κ1) is 14.7. The molecule has 0 saturated carbocycles. The maximum atomic E-state index is 12.7. The van der Waals surface area contributed by atoms with Crippen molar-refractivity contribution < 1.29 is 13.2 Å². The Kier molecular flexibility index (Phi) is 3.90. The van der Waals surface area contributed by atoms with Gasteiger partial charge in [0.2, 0.25) is 15.9 Å². The smallest absolute Gasteiger partial charge is 0.243 e. The summed E-state index contributed by atoms with van der Waals surface area (Å²) in [7, 11) is -1.68. The van der Waals surface area contributed by atoms with E-state index in [1.807, 2.05) is 0 Å². The van der Waals surface area contributed by atoms with E-state index in [-0.39, 0.29) is 11.2 Å². The van der Waals surface area contributed by atoms with Gasteiger partial charge in [-0.25, -0.2) is 8.42 Å². The van der Waals surface area contributed by atoms with Gasteiger partial charge >= 0.3 is 0 Å². The van der Waals surface area contributed by atoms with Crippen LogP contribution in [0.5, 0.6) is 0 Å². The lowest BCUT2D eigenvalue weighted by molar-refractivity contribution is -0.142. The summed E-state index contributed by atoms with van der Waals surface area (Å²) in [4.78, 5) is 13.8. The SMILES string of the molecule is CN1CCN(S(=O)(=O)C2CCNCC2)C(C)(C)C1=O. The maximum absolute atomic E-state index is 12.7. The molecule has 0 spiro atoms. The Morgan fingerprint density at radius 3 is 2.37 bits per heavy atom. The molecule has 19 heavy (non-hydrogen) atoms. The van der Waals surface area contributed by atoms with Gasteiger partial charge in [0.25, 0.3) is 0 Å². The third-order valence-corrected chi connectivity index (χ3v) is 6.71. The van der Waals surface area contributed by atoms with Crippen molar-refractivity contribution in [2.24, 2.45) is 0 Å². The van der Waals surface area contributed by atoms with E-state index >= 15 is 0 Å². The number of nitrogens with zero attached hydrogens (tertiary/aromatic N) is 2. The van der Waals surface area contributed by atoms with Gasteiger partial charge < -0.3 is 10.2 Å². The van der Waals surface area contributed by atoms with Crippen molar-refractivity contribution in [3.8, 4) is 0 Å². The van der Waals surface area contributed by atoms with E-state index in [0.29, 0.717) is 25.9 Å². The molecule has 1 N–H and O–H groups in total. The van der Waals surface area contributed by atoms with Crippen molar-refractivity contribution in [2.75, 3.05) is 33.2 Å². The molecule has 2 saturated heterocycles. The molecule has 0 atom stereocenters. The fraction of sp³-hybridized carbons (Fsp3) is 0.917. The van der Waals surface area contributed by atoms with Gasteiger partial charge in [0, 0.05) is 20.1 Å². The van der Waals surface area contributed by atoms with Crippen LogP contribution in [0.15, 0.2) is 0 Å². The minimum Gasteiger partial charge on any atom is -0.343 e. The summed E-state index contributed by atoms with van der Waals surface area (Å²) in [6.45, 7) is 5.71. The van der Waals surface area contributed by atoms with Crippen LogP contribution in [0.25, 0.3) is 0 Å². The van der Waals surface area contributed by atoms with E-state index in [1.54, 1.807) is 25.8 Å². The van der Waals surface area contributed by atoms with Crippen molar-refractivity contribution in [3.05, 3.63) is 0 Å². The zero-order chi connectivity index (χ0) is 14.3. The highest BCUT2D eigenvalue weighted by Gasteiger charge is 2.48. The van der Waals surface area contributed by atoms with Crippen LogP contribution in [0.2, 0.25) is 0 Å². The molecule has 110 valence electrons. The molecule has 0 bridgehead atoms. The molecule has 2 aliphatic heterocycles. The summed E-state index contributed by atoms with van der Waals surface area (Å²) in [5.74, 6) is -0.128. The van der Waals surface area contributed by atoms with Crippen molar-refractivity contribution >= 4 is 15.9 Å². The predicted molar refractivity (Wildman–Crippen MR) is 73.2 cm³/mol. The summed E-state index contributed by atoms with van der Waals surface area (Å²) >= 11 is 0. The Morgan fingerprint density at radius 1 is 1.21 bits per heavy atom. The third kappa shape index (κ3) is 2.51. The number of nitrogens with one attached hydrogen (secondary N) is 1. The van der Waals surface area contributed by atoms with E-state index in [9.17, 15) is 13.2 Å². The van der Waals surface area contributed by atoms with Crippen LogP contribution < -0.4 is 5.32 Å². The highest BCUT2D eigenvalue weighted by Crippen LogP contribution is 2.29. The van der Waals surface area contributed by atoms with Gasteiger partial charge in [-0.15, -0.1) is 0 Å². The quantitative estimate of drug-likeness (QED) is 0.752. The monoisotopic (exact) mass is 289 g/mol. The standard InChI is InChI=1S/C12H23N3O3S/c1-12(2)11(16)14(3)8-9-15(12)19(17,18)10-4-6-13-7-5-10/h10,13H,4-9H2,1-3H3. The highest BCUT2D eigenvalue weighted by molar-refractivity contribution is 7.89. The van der Waals surface area contributed by atoms with Gasteiger partial charge in [0.15, 0.2) is 0 Å². The molecule has 2 fully saturated rings.